The Labute approximate surface area is 158 Å². The maximum atomic E-state index is 12.8. The van der Waals surface area contributed by atoms with Gasteiger partial charge in [0.2, 0.25) is 5.91 Å². The normalized spacial score (nSPS) is 14.5. The van der Waals surface area contributed by atoms with Gasteiger partial charge in [-0.2, -0.15) is 11.8 Å². The molecule has 1 atom stereocenters. The minimum absolute atomic E-state index is 0.326. The third-order valence-electron chi connectivity index (χ3n) is 4.52. The van der Waals surface area contributed by atoms with Gasteiger partial charge in [0.25, 0.3) is 5.91 Å². The first-order valence-electron chi connectivity index (χ1n) is 8.54. The second-order valence-corrected chi connectivity index (χ2v) is 7.45. The number of amides is 2. The van der Waals surface area contributed by atoms with Gasteiger partial charge in [0.05, 0.1) is 6.61 Å². The van der Waals surface area contributed by atoms with E-state index in [4.69, 9.17) is 5.73 Å². The number of likely N-dealkylation sites (N-methyl/N-ethyl adjacent to an activating group) is 1. The number of hydrogen-bond acceptors (Lipinski definition) is 4. The average Bonchev–Trinajstić information content (AvgIpc) is 3.37. The van der Waals surface area contributed by atoms with E-state index in [9.17, 15) is 14.7 Å². The molecule has 2 heterocycles. The number of hydrogen-bond donors (Lipinski definition) is 2. The summed E-state index contributed by atoms with van der Waals surface area (Å²) in [6, 6.07) is 5.02. The van der Waals surface area contributed by atoms with E-state index in [1.54, 1.807) is 11.8 Å². The fraction of sp³-hybridized carbons (Fsp3) is 0.474. The summed E-state index contributed by atoms with van der Waals surface area (Å²) in [6.45, 7) is 1.37. The molecule has 0 spiro atoms. The van der Waals surface area contributed by atoms with Crippen LogP contribution in [-0.2, 0) is 4.79 Å². The SMILES string of the molecule is CSC.Cc1cc2ccc(C3CC3)cn2c1C(=O)N(C)C(CO)C(N)=O. The van der Waals surface area contributed by atoms with E-state index in [0.29, 0.717) is 11.6 Å². The summed E-state index contributed by atoms with van der Waals surface area (Å²) in [7, 11) is 1.48. The van der Waals surface area contributed by atoms with E-state index in [-0.39, 0.29) is 5.91 Å². The molecule has 1 aliphatic rings. The number of carbonyl (C=O) groups is 2. The molecule has 0 saturated heterocycles. The van der Waals surface area contributed by atoms with Crippen molar-refractivity contribution >= 4 is 29.1 Å². The Morgan fingerprint density at radius 1 is 1.38 bits per heavy atom. The number of rotatable bonds is 5. The molecule has 1 unspecified atom stereocenters. The molecule has 0 radical (unpaired) electrons. The van der Waals surface area contributed by atoms with Crippen LogP contribution in [0.1, 0.15) is 40.4 Å². The summed E-state index contributed by atoms with van der Waals surface area (Å²) in [5, 5.41) is 9.32. The lowest BCUT2D eigenvalue weighted by atomic mass is 10.2. The Hall–Kier alpha value is -1.99. The van der Waals surface area contributed by atoms with Crippen molar-refractivity contribution in [3.8, 4) is 0 Å². The van der Waals surface area contributed by atoms with Crippen LogP contribution in [0.3, 0.4) is 0 Å². The van der Waals surface area contributed by atoms with E-state index in [0.717, 1.165) is 11.1 Å². The van der Waals surface area contributed by atoms with Gasteiger partial charge in [0, 0.05) is 18.8 Å². The van der Waals surface area contributed by atoms with E-state index < -0.39 is 18.6 Å². The lowest BCUT2D eigenvalue weighted by Gasteiger charge is -2.24. The Bertz CT molecular complexity index is 799. The molecule has 2 aromatic heterocycles. The number of aliphatic hydroxyl groups excluding tert-OH is 1. The van der Waals surface area contributed by atoms with Crippen LogP contribution in [0.5, 0.6) is 0 Å². The van der Waals surface area contributed by atoms with Crippen LogP contribution in [0.4, 0.5) is 0 Å². The first-order valence-corrected chi connectivity index (χ1v) is 10.2. The van der Waals surface area contributed by atoms with Crippen molar-refractivity contribution in [2.75, 3.05) is 26.2 Å². The maximum Gasteiger partial charge on any atom is 0.271 e. The van der Waals surface area contributed by atoms with Gasteiger partial charge in [-0.3, -0.25) is 9.59 Å². The van der Waals surface area contributed by atoms with Gasteiger partial charge in [0.1, 0.15) is 11.7 Å². The minimum Gasteiger partial charge on any atom is -0.394 e. The molecule has 6 nitrogen and oxygen atoms in total. The van der Waals surface area contributed by atoms with E-state index in [1.165, 1.54) is 30.4 Å². The van der Waals surface area contributed by atoms with Crippen LogP contribution in [0.15, 0.2) is 24.4 Å². The summed E-state index contributed by atoms with van der Waals surface area (Å²) in [6.07, 6.45) is 8.45. The summed E-state index contributed by atoms with van der Waals surface area (Å²) < 4.78 is 1.87. The molecule has 1 aliphatic carbocycles. The Morgan fingerprint density at radius 3 is 2.50 bits per heavy atom. The lowest BCUT2D eigenvalue weighted by molar-refractivity contribution is -0.123. The molecule has 0 aliphatic heterocycles. The number of aryl methyl sites for hydroxylation is 1. The number of nitrogens with zero attached hydrogens (tertiary/aromatic N) is 2. The van der Waals surface area contributed by atoms with Crippen LogP contribution >= 0.6 is 11.8 Å². The fourth-order valence-corrected chi connectivity index (χ4v) is 2.96. The van der Waals surface area contributed by atoms with E-state index >= 15 is 0 Å². The molecule has 2 amide bonds. The third-order valence-corrected chi connectivity index (χ3v) is 4.52. The van der Waals surface area contributed by atoms with Crippen molar-refractivity contribution in [2.24, 2.45) is 5.73 Å². The zero-order valence-corrected chi connectivity index (χ0v) is 16.5. The predicted molar refractivity (Wildman–Crippen MR) is 106 cm³/mol. The number of primary amides is 1. The van der Waals surface area contributed by atoms with Gasteiger partial charge in [-0.05, 0) is 61.5 Å². The van der Waals surface area contributed by atoms with Crippen LogP contribution < -0.4 is 5.73 Å². The van der Waals surface area contributed by atoms with Crippen LogP contribution in [0.25, 0.3) is 5.52 Å². The van der Waals surface area contributed by atoms with Crippen molar-refractivity contribution in [1.29, 1.82) is 0 Å². The summed E-state index contributed by atoms with van der Waals surface area (Å²) in [5.41, 5.74) is 8.75. The van der Waals surface area contributed by atoms with E-state index in [2.05, 4.69) is 6.07 Å². The van der Waals surface area contributed by atoms with Crippen molar-refractivity contribution < 1.29 is 14.7 Å². The molecule has 0 aromatic carbocycles. The molecule has 0 bridgehead atoms. The number of aromatic nitrogens is 1. The van der Waals surface area contributed by atoms with Crippen LogP contribution in [0.2, 0.25) is 0 Å². The molecule has 3 N–H and O–H groups in total. The molecule has 1 fully saturated rings. The highest BCUT2D eigenvalue weighted by Gasteiger charge is 2.29. The zero-order chi connectivity index (χ0) is 19.4. The highest BCUT2D eigenvalue weighted by atomic mass is 32.2. The average molecular weight is 378 g/mol. The Morgan fingerprint density at radius 2 is 2.00 bits per heavy atom. The first-order chi connectivity index (χ1) is 12.3. The zero-order valence-electron chi connectivity index (χ0n) is 15.7. The third kappa shape index (κ3) is 4.22. The number of nitrogens with two attached hydrogens (primary N) is 1. The molecular weight excluding hydrogens is 350 g/mol. The van der Waals surface area contributed by atoms with Gasteiger partial charge in [-0.1, -0.05) is 6.07 Å². The summed E-state index contributed by atoms with van der Waals surface area (Å²) in [5.74, 6) is -0.465. The molecule has 3 rings (SSSR count). The van der Waals surface area contributed by atoms with Crippen LogP contribution in [-0.4, -0.2) is 58.4 Å². The second kappa shape index (κ2) is 8.60. The number of carbonyl (C=O) groups excluding carboxylic acids is 2. The largest absolute Gasteiger partial charge is 0.394 e. The fourth-order valence-electron chi connectivity index (χ4n) is 2.96. The van der Waals surface area contributed by atoms with Crippen molar-refractivity contribution in [3.05, 3.63) is 41.2 Å². The standard InChI is InChI=1S/C17H21N3O3.C2H6S/c1-10-7-13-6-5-12(11-3-4-11)8-20(13)15(10)17(23)19(2)14(9-21)16(18)22;1-3-2/h5-8,11,14,21H,3-4,9H2,1-2H3,(H2,18,22);1-2H3. The van der Waals surface area contributed by atoms with Gasteiger partial charge in [0.15, 0.2) is 0 Å². The quantitative estimate of drug-likeness (QED) is 0.834. The maximum absolute atomic E-state index is 12.8. The van der Waals surface area contributed by atoms with Crippen molar-refractivity contribution in [1.82, 2.24) is 9.30 Å². The molecule has 1 saturated carbocycles. The number of pyridine rings is 1. The molecule has 7 heteroatoms. The Kier molecular flexibility index (Phi) is 6.72. The first kappa shape index (κ1) is 20.3. The minimum atomic E-state index is -1.03. The van der Waals surface area contributed by atoms with Gasteiger partial charge in [-0.15, -0.1) is 0 Å². The Balaban J connectivity index is 0.000000758. The molecular formula is C19H27N3O3S. The summed E-state index contributed by atoms with van der Waals surface area (Å²) >= 11 is 1.75. The highest BCUT2D eigenvalue weighted by molar-refractivity contribution is 7.97. The topological polar surface area (TPSA) is 88.0 Å². The van der Waals surface area contributed by atoms with Crippen molar-refractivity contribution in [2.45, 2.75) is 31.7 Å². The molecule has 26 heavy (non-hydrogen) atoms. The smallest absolute Gasteiger partial charge is 0.271 e. The van der Waals surface area contributed by atoms with E-state index in [1.807, 2.05) is 42.2 Å². The molecule has 2 aromatic rings. The highest BCUT2D eigenvalue weighted by Crippen LogP contribution is 2.40. The van der Waals surface area contributed by atoms with Crippen molar-refractivity contribution in [3.63, 3.8) is 0 Å². The number of fused-ring (bicyclic) bond motifs is 1. The second-order valence-electron chi connectivity index (χ2n) is 6.63. The lowest BCUT2D eigenvalue weighted by Crippen LogP contribution is -2.48. The van der Waals surface area contributed by atoms with Crippen LogP contribution in [0, 0.1) is 6.92 Å². The molecule has 142 valence electrons. The number of thioether (sulfide) groups is 1. The number of aliphatic hydroxyl groups is 1. The van der Waals surface area contributed by atoms with Gasteiger partial charge < -0.3 is 20.1 Å². The van der Waals surface area contributed by atoms with Gasteiger partial charge >= 0.3 is 0 Å². The monoisotopic (exact) mass is 377 g/mol. The summed E-state index contributed by atoms with van der Waals surface area (Å²) in [4.78, 5) is 25.4. The predicted octanol–water partition coefficient (Wildman–Crippen LogP) is 2.02. The van der Waals surface area contributed by atoms with Gasteiger partial charge in [-0.25, -0.2) is 0 Å².